The fourth-order valence-corrected chi connectivity index (χ4v) is 4.03. The molecule has 0 aliphatic heterocycles. The highest BCUT2D eigenvalue weighted by Gasteiger charge is 2.29. The predicted molar refractivity (Wildman–Crippen MR) is 96.1 cm³/mol. The van der Waals surface area contributed by atoms with Gasteiger partial charge >= 0.3 is 0 Å². The molecule has 0 bridgehead atoms. The molecule has 3 rings (SSSR count). The summed E-state index contributed by atoms with van der Waals surface area (Å²) < 4.78 is 1.76. The summed E-state index contributed by atoms with van der Waals surface area (Å²) in [6.07, 6.45) is 7.24. The number of carbonyl (C=O) groups excluding carboxylic acids is 1. The second-order valence-corrected chi connectivity index (χ2v) is 7.13. The van der Waals surface area contributed by atoms with E-state index in [0.717, 1.165) is 28.8 Å². The zero-order valence-electron chi connectivity index (χ0n) is 15.2. The molecule has 130 valence electrons. The van der Waals surface area contributed by atoms with Crippen LogP contribution in [0.25, 0.3) is 11.0 Å². The molecule has 2 aromatic heterocycles. The summed E-state index contributed by atoms with van der Waals surface area (Å²) in [7, 11) is 1.88. The quantitative estimate of drug-likeness (QED) is 0.911. The van der Waals surface area contributed by atoms with Crippen LogP contribution in [0.4, 0.5) is 0 Å². The van der Waals surface area contributed by atoms with E-state index >= 15 is 0 Å². The van der Waals surface area contributed by atoms with Crippen molar-refractivity contribution in [2.75, 3.05) is 0 Å². The summed E-state index contributed by atoms with van der Waals surface area (Å²) in [4.78, 5) is 17.5. The maximum atomic E-state index is 13.0. The van der Waals surface area contributed by atoms with E-state index in [1.807, 2.05) is 27.0 Å². The van der Waals surface area contributed by atoms with Gasteiger partial charge in [0.25, 0.3) is 5.91 Å². The minimum Gasteiger partial charge on any atom is -0.349 e. The molecule has 2 aromatic rings. The van der Waals surface area contributed by atoms with Crippen LogP contribution in [0, 0.1) is 19.8 Å². The number of amides is 1. The van der Waals surface area contributed by atoms with E-state index in [-0.39, 0.29) is 5.91 Å². The van der Waals surface area contributed by atoms with Crippen LogP contribution in [0.5, 0.6) is 0 Å². The van der Waals surface area contributed by atoms with E-state index < -0.39 is 0 Å². The SMILES string of the molecule is CCCCC1CCCC1NC(=O)c1cc(C)nc2c1c(C)nn2C. The van der Waals surface area contributed by atoms with Crippen LogP contribution in [-0.2, 0) is 7.05 Å². The van der Waals surface area contributed by atoms with Crippen LogP contribution in [0.3, 0.4) is 0 Å². The van der Waals surface area contributed by atoms with Crippen LogP contribution in [0.1, 0.15) is 67.2 Å². The minimum absolute atomic E-state index is 0.0231. The van der Waals surface area contributed by atoms with Crippen molar-refractivity contribution < 1.29 is 4.79 Å². The van der Waals surface area contributed by atoms with Crippen LogP contribution < -0.4 is 5.32 Å². The van der Waals surface area contributed by atoms with E-state index in [0.29, 0.717) is 17.5 Å². The molecule has 0 radical (unpaired) electrons. The third-order valence-corrected chi connectivity index (χ3v) is 5.25. The lowest BCUT2D eigenvalue weighted by Crippen LogP contribution is -2.37. The van der Waals surface area contributed by atoms with Gasteiger partial charge in [0.05, 0.1) is 16.6 Å². The molecule has 2 unspecified atom stereocenters. The Hall–Kier alpha value is -1.91. The summed E-state index contributed by atoms with van der Waals surface area (Å²) in [6.45, 7) is 6.10. The number of hydrogen-bond acceptors (Lipinski definition) is 3. The highest BCUT2D eigenvalue weighted by atomic mass is 16.1. The van der Waals surface area contributed by atoms with Gasteiger partial charge in [-0.1, -0.05) is 26.2 Å². The normalized spacial score (nSPS) is 20.7. The Bertz CT molecular complexity index is 749. The molecule has 1 fully saturated rings. The number of unbranched alkanes of at least 4 members (excludes halogenated alkanes) is 1. The average molecular weight is 328 g/mol. The number of rotatable bonds is 5. The van der Waals surface area contributed by atoms with Crippen molar-refractivity contribution in [2.45, 2.75) is 65.3 Å². The standard InChI is InChI=1S/C19H28N4O/c1-5-6-8-14-9-7-10-16(14)21-19(24)15-11-12(2)20-18-17(15)13(3)22-23(18)4/h11,14,16H,5-10H2,1-4H3,(H,21,24). The molecule has 0 spiro atoms. The van der Waals surface area contributed by atoms with E-state index in [4.69, 9.17) is 0 Å². The van der Waals surface area contributed by atoms with Gasteiger partial charge < -0.3 is 5.32 Å². The lowest BCUT2D eigenvalue weighted by Gasteiger charge is -2.21. The lowest BCUT2D eigenvalue weighted by molar-refractivity contribution is 0.0928. The molecule has 1 N–H and O–H groups in total. The van der Waals surface area contributed by atoms with Crippen LogP contribution in [-0.4, -0.2) is 26.7 Å². The average Bonchev–Trinajstić information content (AvgIpc) is 3.09. The van der Waals surface area contributed by atoms with E-state index in [1.165, 1.54) is 32.1 Å². The van der Waals surface area contributed by atoms with Crippen LogP contribution >= 0.6 is 0 Å². The largest absolute Gasteiger partial charge is 0.349 e. The Morgan fingerprint density at radius 1 is 1.38 bits per heavy atom. The van der Waals surface area contributed by atoms with Crippen molar-refractivity contribution in [2.24, 2.45) is 13.0 Å². The summed E-state index contributed by atoms with van der Waals surface area (Å²) in [5.41, 5.74) is 3.21. The Morgan fingerprint density at radius 3 is 2.92 bits per heavy atom. The molecular weight excluding hydrogens is 300 g/mol. The molecule has 5 nitrogen and oxygen atoms in total. The fraction of sp³-hybridized carbons (Fsp3) is 0.632. The maximum Gasteiger partial charge on any atom is 0.252 e. The maximum absolute atomic E-state index is 13.0. The van der Waals surface area contributed by atoms with E-state index in [9.17, 15) is 4.79 Å². The molecule has 5 heteroatoms. The number of fused-ring (bicyclic) bond motifs is 1. The number of hydrogen-bond donors (Lipinski definition) is 1. The highest BCUT2D eigenvalue weighted by molar-refractivity contribution is 6.06. The first-order valence-electron chi connectivity index (χ1n) is 9.13. The van der Waals surface area contributed by atoms with Gasteiger partial charge in [-0.3, -0.25) is 9.48 Å². The third-order valence-electron chi connectivity index (χ3n) is 5.25. The lowest BCUT2D eigenvalue weighted by atomic mass is 9.96. The molecule has 1 saturated carbocycles. The zero-order chi connectivity index (χ0) is 17.3. The molecule has 24 heavy (non-hydrogen) atoms. The summed E-state index contributed by atoms with van der Waals surface area (Å²) in [6, 6.07) is 2.20. The molecular formula is C19H28N4O. The molecule has 1 aliphatic rings. The molecule has 2 atom stereocenters. The van der Waals surface area contributed by atoms with Gasteiger partial charge in [-0.05, 0) is 45.1 Å². The second-order valence-electron chi connectivity index (χ2n) is 7.13. The van der Waals surface area contributed by atoms with Gasteiger partial charge in [0.1, 0.15) is 0 Å². The van der Waals surface area contributed by atoms with Gasteiger partial charge in [0, 0.05) is 18.8 Å². The Morgan fingerprint density at radius 2 is 2.17 bits per heavy atom. The molecule has 0 aromatic carbocycles. The van der Waals surface area contributed by atoms with Gasteiger partial charge in [0.15, 0.2) is 5.65 Å². The van der Waals surface area contributed by atoms with Gasteiger partial charge in [-0.25, -0.2) is 4.98 Å². The van der Waals surface area contributed by atoms with E-state index in [1.54, 1.807) is 4.68 Å². The Kier molecular flexibility index (Phi) is 4.88. The third kappa shape index (κ3) is 3.17. The number of aromatic nitrogens is 3. The number of pyridine rings is 1. The number of nitrogens with zero attached hydrogens (tertiary/aromatic N) is 3. The number of aryl methyl sites for hydroxylation is 3. The number of carbonyl (C=O) groups is 1. The predicted octanol–water partition coefficient (Wildman–Crippen LogP) is 3.67. The first-order valence-corrected chi connectivity index (χ1v) is 9.13. The molecule has 0 saturated heterocycles. The van der Waals surface area contributed by atoms with Gasteiger partial charge in [0.2, 0.25) is 0 Å². The topological polar surface area (TPSA) is 59.8 Å². The van der Waals surface area contributed by atoms with Crippen molar-refractivity contribution in [3.05, 3.63) is 23.0 Å². The fourth-order valence-electron chi connectivity index (χ4n) is 4.03. The van der Waals surface area contributed by atoms with Crippen LogP contribution in [0.15, 0.2) is 6.07 Å². The van der Waals surface area contributed by atoms with Crippen molar-refractivity contribution in [3.8, 4) is 0 Å². The zero-order valence-corrected chi connectivity index (χ0v) is 15.2. The van der Waals surface area contributed by atoms with Crippen molar-refractivity contribution in [1.82, 2.24) is 20.1 Å². The Labute approximate surface area is 143 Å². The summed E-state index contributed by atoms with van der Waals surface area (Å²) in [5, 5.41) is 8.62. The van der Waals surface area contributed by atoms with E-state index in [2.05, 4.69) is 22.3 Å². The highest BCUT2D eigenvalue weighted by Crippen LogP contribution is 2.30. The monoisotopic (exact) mass is 328 g/mol. The first-order chi connectivity index (χ1) is 11.5. The van der Waals surface area contributed by atoms with Crippen molar-refractivity contribution in [3.63, 3.8) is 0 Å². The summed E-state index contributed by atoms with van der Waals surface area (Å²) >= 11 is 0. The molecule has 1 amide bonds. The summed E-state index contributed by atoms with van der Waals surface area (Å²) in [5.74, 6) is 0.650. The Balaban J connectivity index is 1.86. The minimum atomic E-state index is 0.0231. The number of nitrogens with one attached hydrogen (secondary N) is 1. The van der Waals surface area contributed by atoms with Crippen LogP contribution in [0.2, 0.25) is 0 Å². The molecule has 2 heterocycles. The smallest absolute Gasteiger partial charge is 0.252 e. The first kappa shape index (κ1) is 16.9. The van der Waals surface area contributed by atoms with Crippen molar-refractivity contribution in [1.29, 1.82) is 0 Å². The van der Waals surface area contributed by atoms with Gasteiger partial charge in [-0.15, -0.1) is 0 Å². The van der Waals surface area contributed by atoms with Crippen molar-refractivity contribution >= 4 is 16.9 Å². The second kappa shape index (κ2) is 6.91. The van der Waals surface area contributed by atoms with Gasteiger partial charge in [-0.2, -0.15) is 5.10 Å². The molecule has 1 aliphatic carbocycles.